The van der Waals surface area contributed by atoms with Gasteiger partial charge in [-0.3, -0.25) is 4.99 Å². The van der Waals surface area contributed by atoms with Gasteiger partial charge in [-0.05, 0) is 62.3 Å². The molecular weight excluding hydrogens is 402 g/mol. The number of nitrogens with zero attached hydrogens (tertiary/aromatic N) is 1. The smallest absolute Gasteiger partial charge is 0.101 e. The molecule has 9 atom stereocenters. The minimum atomic E-state index is -1.35. The molecule has 0 amide bonds. The number of hydrogen-bond donors (Lipinski definition) is 4. The van der Waals surface area contributed by atoms with Gasteiger partial charge in [-0.15, -0.1) is 0 Å². The monoisotopic (exact) mass is 441 g/mol. The molecule has 4 aliphatic carbocycles. The molecule has 2 bridgehead atoms. The van der Waals surface area contributed by atoms with E-state index in [2.05, 4.69) is 19.1 Å². The summed E-state index contributed by atoms with van der Waals surface area (Å²) in [4.78, 5) is 5.14. The van der Waals surface area contributed by atoms with E-state index < -0.39 is 34.2 Å². The van der Waals surface area contributed by atoms with Crippen LogP contribution in [0.15, 0.2) is 35.3 Å². The van der Waals surface area contributed by atoms with E-state index >= 15 is 0 Å². The van der Waals surface area contributed by atoms with E-state index in [4.69, 9.17) is 4.99 Å². The first-order chi connectivity index (χ1) is 14.9. The quantitative estimate of drug-likeness (QED) is 0.566. The minimum Gasteiger partial charge on any atom is -0.392 e. The molecule has 4 aliphatic rings. The van der Waals surface area contributed by atoms with Gasteiger partial charge in [-0.2, -0.15) is 0 Å². The second-order valence-corrected chi connectivity index (χ2v) is 12.1. The lowest BCUT2D eigenvalue weighted by Crippen LogP contribution is -2.57. The Hall–Kier alpha value is -1.27. The average Bonchev–Trinajstić information content (AvgIpc) is 2.97. The molecule has 1 aromatic rings. The highest BCUT2D eigenvalue weighted by Crippen LogP contribution is 2.67. The lowest BCUT2D eigenvalue weighted by molar-refractivity contribution is -0.175. The fraction of sp³-hybridized carbons (Fsp3) is 0.741. The third-order valence-corrected chi connectivity index (χ3v) is 10.3. The number of aliphatic hydroxyl groups is 4. The molecule has 4 N–H and O–H groups in total. The zero-order chi connectivity index (χ0) is 23.1. The summed E-state index contributed by atoms with van der Waals surface area (Å²) >= 11 is 0. The fourth-order valence-corrected chi connectivity index (χ4v) is 8.54. The highest BCUT2D eigenvalue weighted by atomic mass is 16.4. The number of rotatable bonds is 2. The summed E-state index contributed by atoms with van der Waals surface area (Å²) in [7, 11) is 0. The van der Waals surface area contributed by atoms with Gasteiger partial charge in [-0.25, -0.2) is 0 Å². The summed E-state index contributed by atoms with van der Waals surface area (Å²) in [6, 6.07) is 10.2. The summed E-state index contributed by atoms with van der Waals surface area (Å²) in [6.45, 7) is 8.46. The molecule has 32 heavy (non-hydrogen) atoms. The second-order valence-electron chi connectivity index (χ2n) is 12.1. The van der Waals surface area contributed by atoms with Crippen molar-refractivity contribution in [2.45, 2.75) is 89.8 Å². The lowest BCUT2D eigenvalue weighted by atomic mass is 9.59. The number of fused-ring (bicyclic) bond motifs is 2. The Morgan fingerprint density at radius 2 is 1.66 bits per heavy atom. The normalized spacial score (nSPS) is 50.7. The molecular formula is C27H39NO4. The van der Waals surface area contributed by atoms with Gasteiger partial charge >= 0.3 is 0 Å². The fourth-order valence-electron chi connectivity index (χ4n) is 8.54. The first-order valence-corrected chi connectivity index (χ1v) is 12.3. The van der Waals surface area contributed by atoms with E-state index in [1.165, 1.54) is 0 Å². The summed E-state index contributed by atoms with van der Waals surface area (Å²) in [6.07, 6.45) is 1.71. The third-order valence-electron chi connectivity index (χ3n) is 10.3. The van der Waals surface area contributed by atoms with Crippen LogP contribution in [0.5, 0.6) is 0 Å². The molecule has 0 radical (unpaired) electrons. The predicted octanol–water partition coefficient (Wildman–Crippen LogP) is 3.33. The molecule has 5 rings (SSSR count). The maximum atomic E-state index is 12.0. The Morgan fingerprint density at radius 1 is 0.969 bits per heavy atom. The zero-order valence-corrected chi connectivity index (χ0v) is 19.8. The molecule has 5 nitrogen and oxygen atoms in total. The van der Waals surface area contributed by atoms with Gasteiger partial charge < -0.3 is 20.4 Å². The molecule has 0 aromatic heterocycles. The standard InChI is InChI=1S/C27H39NO4/c1-16-18-10-11-19-23(28-14-17-8-6-5-7-9-17)26(18,15-25(19,4)31)13-22(30)27(32)20(16)12-21(29)24(27,2)3/h5-9,16,18-22,29-32H,10-15H2,1-4H3/t16-,18-,19+,20-,21-,22+,25+,26-,27-/m0/s1. The van der Waals surface area contributed by atoms with Crippen molar-refractivity contribution < 1.29 is 20.4 Å². The second kappa shape index (κ2) is 7.11. The van der Waals surface area contributed by atoms with Crippen molar-refractivity contribution in [1.29, 1.82) is 0 Å². The highest BCUT2D eigenvalue weighted by Gasteiger charge is 2.72. The van der Waals surface area contributed by atoms with Crippen LogP contribution < -0.4 is 0 Å². The van der Waals surface area contributed by atoms with Gasteiger partial charge in [0.05, 0.1) is 24.4 Å². The molecule has 4 saturated carbocycles. The van der Waals surface area contributed by atoms with Gasteiger partial charge in [0, 0.05) is 22.5 Å². The van der Waals surface area contributed by atoms with Crippen molar-refractivity contribution in [3.05, 3.63) is 35.9 Å². The minimum absolute atomic E-state index is 0.00644. The summed E-state index contributed by atoms with van der Waals surface area (Å²) in [5.74, 6) is 0.153. The molecule has 1 aromatic carbocycles. The number of hydrogen-bond acceptors (Lipinski definition) is 5. The number of aliphatic imine (C=N–C) groups is 1. The molecule has 0 aliphatic heterocycles. The van der Waals surface area contributed by atoms with Crippen molar-refractivity contribution in [2.75, 3.05) is 0 Å². The maximum absolute atomic E-state index is 12.0. The Kier molecular flexibility index (Phi) is 5.01. The number of aliphatic hydroxyl groups excluding tert-OH is 2. The van der Waals surface area contributed by atoms with Crippen molar-refractivity contribution in [3.63, 3.8) is 0 Å². The molecule has 5 heteroatoms. The summed E-state index contributed by atoms with van der Waals surface area (Å²) < 4.78 is 0. The zero-order valence-electron chi connectivity index (χ0n) is 19.8. The van der Waals surface area contributed by atoms with Crippen LogP contribution in [0, 0.1) is 34.5 Å². The van der Waals surface area contributed by atoms with Crippen LogP contribution in [-0.4, -0.2) is 49.5 Å². The maximum Gasteiger partial charge on any atom is 0.101 e. The largest absolute Gasteiger partial charge is 0.392 e. The summed E-state index contributed by atoms with van der Waals surface area (Å²) in [5.41, 5.74) is -1.24. The van der Waals surface area contributed by atoms with Gasteiger partial charge in [0.25, 0.3) is 0 Å². The van der Waals surface area contributed by atoms with E-state index in [1.54, 1.807) is 0 Å². The topological polar surface area (TPSA) is 93.3 Å². The summed E-state index contributed by atoms with van der Waals surface area (Å²) in [5, 5.41) is 45.9. The van der Waals surface area contributed by atoms with Gasteiger partial charge in [0.2, 0.25) is 0 Å². The van der Waals surface area contributed by atoms with Crippen LogP contribution in [0.25, 0.3) is 0 Å². The molecule has 4 fully saturated rings. The van der Waals surface area contributed by atoms with Crippen molar-refractivity contribution in [3.8, 4) is 0 Å². The van der Waals surface area contributed by atoms with Crippen LogP contribution in [0.3, 0.4) is 0 Å². The van der Waals surface area contributed by atoms with Gasteiger partial charge in [0.1, 0.15) is 5.60 Å². The van der Waals surface area contributed by atoms with Crippen molar-refractivity contribution in [1.82, 2.24) is 0 Å². The first kappa shape index (κ1) is 22.5. The van der Waals surface area contributed by atoms with Crippen LogP contribution in [-0.2, 0) is 6.54 Å². The molecule has 0 saturated heterocycles. The third kappa shape index (κ3) is 2.81. The van der Waals surface area contributed by atoms with Crippen LogP contribution in [0.4, 0.5) is 0 Å². The van der Waals surface area contributed by atoms with Crippen LogP contribution in [0.2, 0.25) is 0 Å². The average molecular weight is 442 g/mol. The Morgan fingerprint density at radius 3 is 2.34 bits per heavy atom. The van der Waals surface area contributed by atoms with E-state index in [-0.39, 0.29) is 23.7 Å². The van der Waals surface area contributed by atoms with E-state index in [9.17, 15) is 20.4 Å². The predicted molar refractivity (Wildman–Crippen MR) is 124 cm³/mol. The highest BCUT2D eigenvalue weighted by molar-refractivity contribution is 5.97. The van der Waals surface area contributed by atoms with Gasteiger partial charge in [0.15, 0.2) is 0 Å². The SMILES string of the molecule is C[C@H]1[C@@H]2CC[C@@H]3C(=NCc4ccccc4)[C@@]2(C[C@@H](O)[C@@]2(O)[C@H]1C[C@H](O)C2(C)C)C[C@@]3(C)O. The molecule has 0 heterocycles. The first-order valence-electron chi connectivity index (χ1n) is 12.3. The number of benzene rings is 1. The van der Waals surface area contributed by atoms with Crippen LogP contribution in [0.1, 0.15) is 65.4 Å². The lowest BCUT2D eigenvalue weighted by Gasteiger charge is -2.45. The molecule has 0 unspecified atom stereocenters. The van der Waals surface area contributed by atoms with E-state index in [1.807, 2.05) is 39.0 Å². The Bertz CT molecular complexity index is 911. The van der Waals surface area contributed by atoms with Gasteiger partial charge in [-0.1, -0.05) is 51.1 Å². The van der Waals surface area contributed by atoms with E-state index in [0.717, 1.165) is 24.1 Å². The van der Waals surface area contributed by atoms with E-state index in [0.29, 0.717) is 25.8 Å². The van der Waals surface area contributed by atoms with Crippen LogP contribution >= 0.6 is 0 Å². The van der Waals surface area contributed by atoms with Crippen molar-refractivity contribution >= 4 is 5.71 Å². The molecule has 176 valence electrons. The Labute approximate surface area is 191 Å². The van der Waals surface area contributed by atoms with Crippen molar-refractivity contribution in [2.24, 2.45) is 39.5 Å². The molecule has 1 spiro atoms. The Balaban J connectivity index is 1.61.